The fraction of sp³-hybridized carbons (Fsp3) is 0.526. The molecule has 2 aliphatic heterocycles. The van der Waals surface area contributed by atoms with Gasteiger partial charge in [-0.05, 0) is 116 Å². The van der Waals surface area contributed by atoms with Gasteiger partial charge in [-0.15, -0.1) is 13.2 Å². The van der Waals surface area contributed by atoms with Crippen molar-refractivity contribution < 1.29 is 9.59 Å². The molecule has 0 radical (unpaired) electrons. The van der Waals surface area contributed by atoms with Crippen molar-refractivity contribution in [1.82, 2.24) is 20.4 Å². The largest absolute Gasteiger partial charge is 0.349 e. The van der Waals surface area contributed by atoms with E-state index in [1.807, 2.05) is 60.7 Å². The first-order valence-electron chi connectivity index (χ1n) is 16.1. The second-order valence-electron chi connectivity index (χ2n) is 15.4. The van der Waals surface area contributed by atoms with Crippen LogP contribution in [-0.4, -0.2) is 68.9 Å². The Morgan fingerprint density at radius 1 is 0.614 bits per heavy atom. The first kappa shape index (κ1) is 33.7. The van der Waals surface area contributed by atoms with Gasteiger partial charge in [-0.3, -0.25) is 19.4 Å². The van der Waals surface area contributed by atoms with E-state index in [9.17, 15) is 9.59 Å². The van der Waals surface area contributed by atoms with Gasteiger partial charge in [-0.25, -0.2) is 0 Å². The fourth-order valence-corrected chi connectivity index (χ4v) is 8.25. The highest BCUT2D eigenvalue weighted by Gasteiger charge is 2.46. The summed E-state index contributed by atoms with van der Waals surface area (Å²) in [5.74, 6) is -0.0851. The predicted molar refractivity (Wildman–Crippen MR) is 183 cm³/mol. The molecule has 2 aromatic rings. The van der Waals surface area contributed by atoms with Gasteiger partial charge in [-0.1, -0.05) is 36.4 Å². The first-order chi connectivity index (χ1) is 20.5. The van der Waals surface area contributed by atoms with Crippen molar-refractivity contribution in [2.75, 3.05) is 13.1 Å². The molecule has 0 bridgehead atoms. The van der Waals surface area contributed by atoms with Gasteiger partial charge in [0.05, 0.1) is 0 Å². The van der Waals surface area contributed by atoms with Crippen LogP contribution < -0.4 is 10.6 Å². The maximum absolute atomic E-state index is 13.2. The highest BCUT2D eigenvalue weighted by Crippen LogP contribution is 2.39. The van der Waals surface area contributed by atoms with E-state index in [1.165, 1.54) is 0 Å². The molecule has 6 nitrogen and oxygen atoms in total. The van der Waals surface area contributed by atoms with Crippen LogP contribution in [0.1, 0.15) is 102 Å². The third-order valence-corrected chi connectivity index (χ3v) is 9.83. The number of likely N-dealkylation sites (tertiary alicyclic amines) is 2. The molecule has 2 amide bonds. The molecule has 0 unspecified atom stereocenters. The van der Waals surface area contributed by atoms with Crippen molar-refractivity contribution in [3.63, 3.8) is 0 Å². The molecule has 2 heterocycles. The molecule has 4 rings (SSSR count). The molecular formula is C38H54N4O2. The molecule has 0 aromatic heterocycles. The summed E-state index contributed by atoms with van der Waals surface area (Å²) in [4.78, 5) is 31.4. The Morgan fingerprint density at radius 2 is 0.886 bits per heavy atom. The summed E-state index contributed by atoms with van der Waals surface area (Å²) < 4.78 is 0. The number of hydrogen-bond donors (Lipinski definition) is 2. The van der Waals surface area contributed by atoms with E-state index in [0.29, 0.717) is 11.1 Å². The molecule has 2 saturated heterocycles. The topological polar surface area (TPSA) is 64.7 Å². The Morgan fingerprint density at radius 3 is 1.14 bits per heavy atom. The maximum Gasteiger partial charge on any atom is 0.251 e. The van der Waals surface area contributed by atoms with Gasteiger partial charge >= 0.3 is 0 Å². The summed E-state index contributed by atoms with van der Waals surface area (Å²) >= 11 is 0. The molecule has 44 heavy (non-hydrogen) atoms. The standard InChI is InChI=1S/C38H54N4O2/c1-11-21-41-35(3,4)23-31(24-36(41,5)6)39-33(43)29-17-13-27(14-18-29)28-15-19-30(20-16-28)34(44)40-32-25-37(7,8)42(22-12-2)38(9,10)26-32/h11-20,31-32H,1-2,21-26H2,3-10H3,(H,39,43)(H,40,44). The van der Waals surface area contributed by atoms with Crippen LogP contribution in [0.5, 0.6) is 0 Å². The zero-order chi connectivity index (χ0) is 32.5. The van der Waals surface area contributed by atoms with Crippen LogP contribution in [-0.2, 0) is 0 Å². The van der Waals surface area contributed by atoms with Crippen LogP contribution in [0.15, 0.2) is 73.8 Å². The summed E-state index contributed by atoms with van der Waals surface area (Å²) in [7, 11) is 0. The van der Waals surface area contributed by atoms with Crippen molar-refractivity contribution in [1.29, 1.82) is 0 Å². The second-order valence-corrected chi connectivity index (χ2v) is 15.4. The number of rotatable bonds is 9. The Hall–Kier alpha value is -3.22. The Balaban J connectivity index is 1.37. The van der Waals surface area contributed by atoms with Crippen LogP contribution in [0.2, 0.25) is 0 Å². The zero-order valence-corrected chi connectivity index (χ0v) is 28.3. The summed E-state index contributed by atoms with van der Waals surface area (Å²) in [5.41, 5.74) is 3.14. The van der Waals surface area contributed by atoms with Gasteiger partial charge in [0, 0.05) is 58.5 Å². The highest BCUT2D eigenvalue weighted by molar-refractivity contribution is 5.96. The average molecular weight is 599 g/mol. The van der Waals surface area contributed by atoms with Crippen LogP contribution in [0.4, 0.5) is 0 Å². The minimum absolute atomic E-state index is 0.0426. The molecule has 238 valence electrons. The lowest BCUT2D eigenvalue weighted by Gasteiger charge is -2.55. The van der Waals surface area contributed by atoms with Crippen LogP contribution >= 0.6 is 0 Å². The smallest absolute Gasteiger partial charge is 0.251 e. The lowest BCUT2D eigenvalue weighted by molar-refractivity contribution is -0.0302. The number of piperidine rings is 2. The van der Waals surface area contributed by atoms with Crippen molar-refractivity contribution in [2.45, 2.75) is 115 Å². The molecule has 0 atom stereocenters. The Kier molecular flexibility index (Phi) is 9.68. The molecule has 0 aliphatic carbocycles. The van der Waals surface area contributed by atoms with E-state index in [0.717, 1.165) is 49.9 Å². The van der Waals surface area contributed by atoms with Gasteiger partial charge < -0.3 is 10.6 Å². The minimum Gasteiger partial charge on any atom is -0.349 e. The van der Waals surface area contributed by atoms with E-state index < -0.39 is 0 Å². The normalized spacial score (nSPS) is 21.7. The molecule has 2 aliphatic rings. The maximum atomic E-state index is 13.2. The second kappa shape index (κ2) is 12.6. The van der Waals surface area contributed by atoms with Crippen LogP contribution in [0, 0.1) is 0 Å². The predicted octanol–water partition coefficient (Wildman–Crippen LogP) is 7.23. The molecule has 2 fully saturated rings. The summed E-state index contributed by atoms with van der Waals surface area (Å²) in [5, 5.41) is 6.59. The van der Waals surface area contributed by atoms with Crippen molar-refractivity contribution in [3.8, 4) is 11.1 Å². The molecule has 2 N–H and O–H groups in total. The van der Waals surface area contributed by atoms with E-state index in [1.54, 1.807) is 0 Å². The average Bonchev–Trinajstić information content (AvgIpc) is 2.92. The molecule has 2 aromatic carbocycles. The number of amides is 2. The van der Waals surface area contributed by atoms with Gasteiger partial charge in [0.25, 0.3) is 11.8 Å². The van der Waals surface area contributed by atoms with E-state index in [4.69, 9.17) is 0 Å². The third-order valence-electron chi connectivity index (χ3n) is 9.83. The number of carbonyl (C=O) groups excluding carboxylic acids is 2. The lowest BCUT2D eigenvalue weighted by Crippen LogP contribution is -2.64. The molecule has 0 saturated carbocycles. The van der Waals surface area contributed by atoms with Crippen molar-refractivity contribution >= 4 is 11.8 Å². The van der Waals surface area contributed by atoms with Crippen LogP contribution in [0.3, 0.4) is 0 Å². The lowest BCUT2D eigenvalue weighted by atomic mass is 9.77. The van der Waals surface area contributed by atoms with Crippen LogP contribution in [0.25, 0.3) is 11.1 Å². The number of benzene rings is 2. The summed E-state index contributed by atoms with van der Waals surface area (Å²) in [6.07, 6.45) is 7.47. The zero-order valence-electron chi connectivity index (χ0n) is 28.3. The number of nitrogens with zero attached hydrogens (tertiary/aromatic N) is 2. The molecule has 6 heteroatoms. The quantitative estimate of drug-likeness (QED) is 0.299. The van der Waals surface area contributed by atoms with E-state index >= 15 is 0 Å². The number of nitrogens with one attached hydrogen (secondary N) is 2. The minimum atomic E-state index is -0.0446. The Labute approximate surface area is 266 Å². The number of hydrogen-bond acceptors (Lipinski definition) is 4. The van der Waals surface area contributed by atoms with Gasteiger partial charge in [0.1, 0.15) is 0 Å². The number of carbonyl (C=O) groups is 2. The van der Waals surface area contributed by atoms with Crippen molar-refractivity contribution in [2.24, 2.45) is 0 Å². The van der Waals surface area contributed by atoms with Gasteiger partial charge in [0.15, 0.2) is 0 Å². The first-order valence-corrected chi connectivity index (χ1v) is 16.1. The van der Waals surface area contributed by atoms with Gasteiger partial charge in [-0.2, -0.15) is 0 Å². The van der Waals surface area contributed by atoms with Gasteiger partial charge in [0.2, 0.25) is 0 Å². The third kappa shape index (κ3) is 7.35. The SMILES string of the molecule is C=CCN1C(C)(C)CC(NC(=O)c2ccc(-c3ccc(C(=O)NC4CC(C)(C)N(CC=C)C(C)(C)C4)cc3)cc2)CC1(C)C. The Bertz CT molecular complexity index is 1210. The van der Waals surface area contributed by atoms with Crippen molar-refractivity contribution in [3.05, 3.63) is 85.0 Å². The fourth-order valence-electron chi connectivity index (χ4n) is 8.25. The molecular weight excluding hydrogens is 544 g/mol. The highest BCUT2D eigenvalue weighted by atomic mass is 16.2. The van der Waals surface area contributed by atoms with E-state index in [-0.39, 0.29) is 46.1 Å². The van der Waals surface area contributed by atoms with E-state index in [2.05, 4.69) is 89.0 Å². The summed E-state index contributed by atoms with van der Waals surface area (Å²) in [6.45, 7) is 27.5. The monoisotopic (exact) mass is 598 g/mol. The molecule has 0 spiro atoms. The summed E-state index contributed by atoms with van der Waals surface area (Å²) in [6, 6.07) is 15.7.